The van der Waals surface area contributed by atoms with E-state index in [1.165, 1.54) is 12.1 Å². The zero-order valence-corrected chi connectivity index (χ0v) is 13.0. The van der Waals surface area contributed by atoms with Crippen LogP contribution in [-0.4, -0.2) is 36.5 Å². The molecule has 3 rings (SSSR count). The third kappa shape index (κ3) is 3.55. The van der Waals surface area contributed by atoms with E-state index in [-0.39, 0.29) is 18.1 Å². The van der Waals surface area contributed by atoms with Crippen molar-refractivity contribution in [2.24, 2.45) is 5.92 Å². The topological polar surface area (TPSA) is 46.6 Å². The Bertz CT molecular complexity index is 644. The highest BCUT2D eigenvalue weighted by atomic mass is 19.4. The van der Waals surface area contributed by atoms with Gasteiger partial charge in [-0.25, -0.2) is 0 Å². The molecular weight excluding hydrogens is 323 g/mol. The number of alkyl halides is 3. The molecule has 1 aliphatic heterocycles. The standard InChI is InChI=1S/C17H18F3NO3/c18-17(19,20)14-5-2-1-4-11(14)12-10-13(12)16(23)24-9-8-21-7-3-6-15(21)22/h1-2,4-5,12-13H,3,6-10H2. The van der Waals surface area contributed by atoms with Gasteiger partial charge in [-0.05, 0) is 30.4 Å². The highest BCUT2D eigenvalue weighted by Gasteiger charge is 2.48. The fourth-order valence-electron chi connectivity index (χ4n) is 3.18. The van der Waals surface area contributed by atoms with Crippen LogP contribution in [0, 0.1) is 5.92 Å². The molecule has 1 saturated heterocycles. The van der Waals surface area contributed by atoms with Gasteiger partial charge in [0.2, 0.25) is 5.91 Å². The molecule has 1 aromatic rings. The molecule has 1 amide bonds. The largest absolute Gasteiger partial charge is 0.464 e. The number of hydrogen-bond donors (Lipinski definition) is 0. The molecule has 1 aromatic carbocycles. The number of carbonyl (C=O) groups excluding carboxylic acids is 2. The van der Waals surface area contributed by atoms with Gasteiger partial charge in [0.25, 0.3) is 0 Å². The molecule has 130 valence electrons. The smallest absolute Gasteiger partial charge is 0.416 e. The Labute approximate surface area is 137 Å². The first kappa shape index (κ1) is 16.8. The van der Waals surface area contributed by atoms with E-state index < -0.39 is 29.5 Å². The number of nitrogens with zero attached hydrogens (tertiary/aromatic N) is 1. The number of halogens is 3. The van der Waals surface area contributed by atoms with Crippen molar-refractivity contribution in [3.63, 3.8) is 0 Å². The number of carbonyl (C=O) groups is 2. The summed E-state index contributed by atoms with van der Waals surface area (Å²) < 4.78 is 44.2. The van der Waals surface area contributed by atoms with Crippen LogP contribution >= 0.6 is 0 Å². The lowest BCUT2D eigenvalue weighted by molar-refractivity contribution is -0.147. The molecule has 0 N–H and O–H groups in total. The van der Waals surface area contributed by atoms with Gasteiger partial charge in [0, 0.05) is 13.0 Å². The van der Waals surface area contributed by atoms with Gasteiger partial charge in [-0.15, -0.1) is 0 Å². The van der Waals surface area contributed by atoms with Crippen LogP contribution in [0.5, 0.6) is 0 Å². The highest BCUT2D eigenvalue weighted by Crippen LogP contribution is 2.51. The highest BCUT2D eigenvalue weighted by molar-refractivity contribution is 5.79. The van der Waals surface area contributed by atoms with Crippen molar-refractivity contribution in [3.05, 3.63) is 35.4 Å². The van der Waals surface area contributed by atoms with Gasteiger partial charge < -0.3 is 9.64 Å². The second-order valence-electron chi connectivity index (χ2n) is 6.19. The van der Waals surface area contributed by atoms with Gasteiger partial charge in [-0.2, -0.15) is 13.2 Å². The number of esters is 1. The Morgan fingerprint density at radius 3 is 2.71 bits per heavy atom. The summed E-state index contributed by atoms with van der Waals surface area (Å²) >= 11 is 0. The Morgan fingerprint density at radius 2 is 2.04 bits per heavy atom. The summed E-state index contributed by atoms with van der Waals surface area (Å²) in [6, 6.07) is 5.35. The van der Waals surface area contributed by atoms with Crippen molar-refractivity contribution in [1.29, 1.82) is 0 Å². The monoisotopic (exact) mass is 341 g/mol. The van der Waals surface area contributed by atoms with E-state index in [1.807, 2.05) is 0 Å². The van der Waals surface area contributed by atoms with Crippen molar-refractivity contribution in [2.45, 2.75) is 31.4 Å². The normalized spacial score (nSPS) is 23.5. The summed E-state index contributed by atoms with van der Waals surface area (Å²) in [5.74, 6) is -1.40. The average Bonchev–Trinajstić information content (AvgIpc) is 3.24. The van der Waals surface area contributed by atoms with Crippen molar-refractivity contribution < 1.29 is 27.5 Å². The minimum atomic E-state index is -4.43. The minimum Gasteiger partial charge on any atom is -0.464 e. The minimum absolute atomic E-state index is 0.0504. The summed E-state index contributed by atoms with van der Waals surface area (Å²) in [6.07, 6.45) is -2.73. The molecule has 0 spiro atoms. The first-order valence-corrected chi connectivity index (χ1v) is 7.98. The first-order chi connectivity index (χ1) is 11.4. The second-order valence-corrected chi connectivity index (χ2v) is 6.19. The lowest BCUT2D eigenvalue weighted by Gasteiger charge is -2.15. The molecule has 1 saturated carbocycles. The molecule has 0 aromatic heterocycles. The predicted molar refractivity (Wildman–Crippen MR) is 79.1 cm³/mol. The molecule has 24 heavy (non-hydrogen) atoms. The van der Waals surface area contributed by atoms with Crippen LogP contribution in [0.15, 0.2) is 24.3 Å². The lowest BCUT2D eigenvalue weighted by Crippen LogP contribution is -2.29. The van der Waals surface area contributed by atoms with Gasteiger partial charge in [-0.1, -0.05) is 18.2 Å². The molecule has 4 nitrogen and oxygen atoms in total. The Balaban J connectivity index is 1.54. The Hall–Kier alpha value is -2.05. The Kier molecular flexibility index (Phi) is 4.51. The van der Waals surface area contributed by atoms with Crippen molar-refractivity contribution in [3.8, 4) is 0 Å². The fraction of sp³-hybridized carbons (Fsp3) is 0.529. The van der Waals surface area contributed by atoms with Crippen molar-refractivity contribution >= 4 is 11.9 Å². The van der Waals surface area contributed by atoms with Gasteiger partial charge in [0.15, 0.2) is 0 Å². The summed E-state index contributed by atoms with van der Waals surface area (Å²) in [7, 11) is 0. The number of likely N-dealkylation sites (tertiary alicyclic amines) is 1. The second kappa shape index (κ2) is 6.45. The summed E-state index contributed by atoms with van der Waals surface area (Å²) in [5.41, 5.74) is -0.533. The van der Waals surface area contributed by atoms with E-state index >= 15 is 0 Å². The van der Waals surface area contributed by atoms with E-state index in [2.05, 4.69) is 0 Å². The van der Waals surface area contributed by atoms with Gasteiger partial charge in [-0.3, -0.25) is 9.59 Å². The third-order valence-corrected chi connectivity index (χ3v) is 4.54. The van der Waals surface area contributed by atoms with Gasteiger partial charge in [0.1, 0.15) is 6.61 Å². The summed E-state index contributed by atoms with van der Waals surface area (Å²) in [5, 5.41) is 0. The van der Waals surface area contributed by atoms with E-state index in [9.17, 15) is 22.8 Å². The molecule has 2 aliphatic rings. The number of benzene rings is 1. The van der Waals surface area contributed by atoms with Crippen molar-refractivity contribution in [1.82, 2.24) is 4.90 Å². The maximum atomic E-state index is 13.0. The van der Waals surface area contributed by atoms with Crippen LogP contribution < -0.4 is 0 Å². The van der Waals surface area contributed by atoms with Crippen LogP contribution in [0.1, 0.15) is 36.3 Å². The summed E-state index contributed by atoms with van der Waals surface area (Å²) in [6.45, 7) is 1.11. The van der Waals surface area contributed by atoms with Gasteiger partial charge >= 0.3 is 12.1 Å². The number of rotatable bonds is 5. The molecular formula is C17H18F3NO3. The van der Waals surface area contributed by atoms with Crippen LogP contribution in [0.3, 0.4) is 0 Å². The molecule has 0 radical (unpaired) electrons. The van der Waals surface area contributed by atoms with E-state index in [1.54, 1.807) is 11.0 Å². The predicted octanol–water partition coefficient (Wildman–Crippen LogP) is 2.97. The molecule has 0 bridgehead atoms. The van der Waals surface area contributed by atoms with Crippen LogP contribution in [0.2, 0.25) is 0 Å². The van der Waals surface area contributed by atoms with Crippen LogP contribution in [-0.2, 0) is 20.5 Å². The molecule has 2 unspecified atom stereocenters. The first-order valence-electron chi connectivity index (χ1n) is 7.98. The van der Waals surface area contributed by atoms with Gasteiger partial charge in [0.05, 0.1) is 18.0 Å². The fourth-order valence-corrected chi connectivity index (χ4v) is 3.18. The Morgan fingerprint density at radius 1 is 1.29 bits per heavy atom. The maximum Gasteiger partial charge on any atom is 0.416 e. The number of amides is 1. The molecule has 1 heterocycles. The van der Waals surface area contributed by atoms with E-state index in [0.29, 0.717) is 25.9 Å². The third-order valence-electron chi connectivity index (χ3n) is 4.54. The van der Waals surface area contributed by atoms with E-state index in [4.69, 9.17) is 4.74 Å². The molecule has 1 aliphatic carbocycles. The zero-order valence-electron chi connectivity index (χ0n) is 13.0. The van der Waals surface area contributed by atoms with Crippen LogP contribution in [0.4, 0.5) is 13.2 Å². The molecule has 2 fully saturated rings. The lowest BCUT2D eigenvalue weighted by atomic mass is 10.0. The van der Waals surface area contributed by atoms with Crippen LogP contribution in [0.25, 0.3) is 0 Å². The van der Waals surface area contributed by atoms with Crippen molar-refractivity contribution in [2.75, 3.05) is 19.7 Å². The summed E-state index contributed by atoms with van der Waals surface area (Å²) in [4.78, 5) is 25.1. The van der Waals surface area contributed by atoms with E-state index in [0.717, 1.165) is 12.5 Å². The number of hydrogen-bond acceptors (Lipinski definition) is 3. The molecule has 2 atom stereocenters. The number of ether oxygens (including phenoxy) is 1. The average molecular weight is 341 g/mol. The molecule has 7 heteroatoms. The SMILES string of the molecule is O=C(OCCN1CCCC1=O)C1CC1c1ccccc1C(F)(F)F. The quantitative estimate of drug-likeness (QED) is 0.774. The zero-order chi connectivity index (χ0) is 17.3. The maximum absolute atomic E-state index is 13.0.